The van der Waals surface area contributed by atoms with Gasteiger partial charge in [-0.3, -0.25) is 0 Å². The summed E-state index contributed by atoms with van der Waals surface area (Å²) in [4.78, 5) is 0. The van der Waals surface area contributed by atoms with Crippen LogP contribution < -0.4 is 18.9 Å². The summed E-state index contributed by atoms with van der Waals surface area (Å²) in [5.41, 5.74) is 3.90. The van der Waals surface area contributed by atoms with Crippen molar-refractivity contribution in [3.05, 3.63) is 47.0 Å². The fourth-order valence-electron chi connectivity index (χ4n) is 3.99. The van der Waals surface area contributed by atoms with Crippen LogP contribution in [-0.2, 0) is 12.8 Å². The van der Waals surface area contributed by atoms with E-state index in [0.717, 1.165) is 46.9 Å². The van der Waals surface area contributed by atoms with E-state index in [0.29, 0.717) is 6.04 Å². The van der Waals surface area contributed by atoms with Gasteiger partial charge in [-0.05, 0) is 35.4 Å². The van der Waals surface area contributed by atoms with Gasteiger partial charge in [0, 0.05) is 18.4 Å². The standard InChI is InChI=1S/C22H30NO4/c1-23(2)10-9-16-13-21(26-5)22(27-6)14-17(16)18(23)11-15-7-8-19(24-3)20(12-15)25-4/h7-8,12-14,18H,9-11H2,1-6H3/q+1/t18-/m1/s1. The molecule has 0 bridgehead atoms. The molecule has 5 heteroatoms. The Labute approximate surface area is 162 Å². The topological polar surface area (TPSA) is 36.9 Å². The first-order valence-electron chi connectivity index (χ1n) is 9.22. The molecule has 0 fully saturated rings. The highest BCUT2D eigenvalue weighted by molar-refractivity contribution is 5.49. The zero-order valence-corrected chi connectivity index (χ0v) is 17.2. The number of hydrogen-bond donors (Lipinski definition) is 0. The highest BCUT2D eigenvalue weighted by atomic mass is 16.5. The van der Waals surface area contributed by atoms with E-state index in [-0.39, 0.29) is 0 Å². The number of benzene rings is 2. The molecule has 3 rings (SSSR count). The zero-order valence-electron chi connectivity index (χ0n) is 17.2. The van der Waals surface area contributed by atoms with Crippen molar-refractivity contribution in [2.75, 3.05) is 49.1 Å². The second-order valence-electron chi connectivity index (χ2n) is 7.57. The van der Waals surface area contributed by atoms with Gasteiger partial charge in [0.2, 0.25) is 0 Å². The smallest absolute Gasteiger partial charge is 0.161 e. The molecule has 0 saturated carbocycles. The lowest BCUT2D eigenvalue weighted by atomic mass is 9.87. The van der Waals surface area contributed by atoms with E-state index in [9.17, 15) is 0 Å². The summed E-state index contributed by atoms with van der Waals surface area (Å²) in [7, 11) is 11.3. The number of ether oxygens (including phenoxy) is 4. The van der Waals surface area contributed by atoms with Crippen LogP contribution in [-0.4, -0.2) is 53.6 Å². The first kappa shape index (κ1) is 19.4. The van der Waals surface area contributed by atoms with Crippen LogP contribution in [0, 0.1) is 0 Å². The van der Waals surface area contributed by atoms with Crippen molar-refractivity contribution < 1.29 is 23.4 Å². The summed E-state index contributed by atoms with van der Waals surface area (Å²) in [5.74, 6) is 3.11. The molecule has 2 aromatic rings. The Morgan fingerprint density at radius 3 is 2.04 bits per heavy atom. The minimum Gasteiger partial charge on any atom is -0.493 e. The summed E-state index contributed by atoms with van der Waals surface area (Å²) in [6.45, 7) is 1.08. The third-order valence-electron chi connectivity index (χ3n) is 5.68. The predicted molar refractivity (Wildman–Crippen MR) is 106 cm³/mol. The first-order valence-corrected chi connectivity index (χ1v) is 9.22. The van der Waals surface area contributed by atoms with Crippen LogP contribution in [0.1, 0.15) is 22.7 Å². The molecule has 1 aliphatic heterocycles. The molecular formula is C22H30NO4+. The zero-order chi connectivity index (χ0) is 19.6. The van der Waals surface area contributed by atoms with Gasteiger partial charge in [0.15, 0.2) is 23.0 Å². The van der Waals surface area contributed by atoms with E-state index in [1.54, 1.807) is 28.4 Å². The van der Waals surface area contributed by atoms with Crippen LogP contribution >= 0.6 is 0 Å². The number of rotatable bonds is 6. The van der Waals surface area contributed by atoms with Gasteiger partial charge < -0.3 is 23.4 Å². The van der Waals surface area contributed by atoms with Gasteiger partial charge >= 0.3 is 0 Å². The van der Waals surface area contributed by atoms with Gasteiger partial charge in [-0.1, -0.05) is 6.07 Å². The lowest BCUT2D eigenvalue weighted by Crippen LogP contribution is -2.48. The maximum Gasteiger partial charge on any atom is 0.161 e. The monoisotopic (exact) mass is 372 g/mol. The van der Waals surface area contributed by atoms with Crippen molar-refractivity contribution in [1.29, 1.82) is 0 Å². The molecular weight excluding hydrogens is 342 g/mol. The fourth-order valence-corrected chi connectivity index (χ4v) is 3.99. The van der Waals surface area contributed by atoms with Crippen LogP contribution in [0.3, 0.4) is 0 Å². The normalized spacial score (nSPS) is 17.8. The molecule has 2 aromatic carbocycles. The SMILES string of the molecule is COc1ccc(C[C@@H]2c3cc(OC)c(OC)cc3CC[N+]2(C)C)cc1OC. The fraction of sp³-hybridized carbons (Fsp3) is 0.455. The number of fused-ring (bicyclic) bond motifs is 1. The van der Waals surface area contributed by atoms with Crippen molar-refractivity contribution in [1.82, 2.24) is 0 Å². The molecule has 1 atom stereocenters. The molecule has 0 saturated heterocycles. The Hall–Kier alpha value is -2.40. The number of likely N-dealkylation sites (N-methyl/N-ethyl adjacent to an activating group) is 1. The summed E-state index contributed by atoms with van der Waals surface area (Å²) < 4.78 is 22.9. The molecule has 146 valence electrons. The van der Waals surface area contributed by atoms with E-state index in [2.05, 4.69) is 38.4 Å². The first-order chi connectivity index (χ1) is 12.9. The minimum absolute atomic E-state index is 0.326. The molecule has 27 heavy (non-hydrogen) atoms. The Bertz CT molecular complexity index is 816. The lowest BCUT2D eigenvalue weighted by molar-refractivity contribution is -0.923. The van der Waals surface area contributed by atoms with Gasteiger partial charge in [0.05, 0.1) is 49.1 Å². The molecule has 1 heterocycles. The Balaban J connectivity index is 2.02. The van der Waals surface area contributed by atoms with E-state index in [1.807, 2.05) is 6.07 Å². The van der Waals surface area contributed by atoms with E-state index < -0.39 is 0 Å². The Kier molecular flexibility index (Phi) is 5.51. The van der Waals surface area contributed by atoms with Gasteiger partial charge in [-0.2, -0.15) is 0 Å². The second-order valence-corrected chi connectivity index (χ2v) is 7.57. The Morgan fingerprint density at radius 1 is 0.815 bits per heavy atom. The summed E-state index contributed by atoms with van der Waals surface area (Å²) >= 11 is 0. The lowest BCUT2D eigenvalue weighted by Gasteiger charge is -2.43. The number of methoxy groups -OCH3 is 4. The second kappa shape index (κ2) is 7.69. The summed E-state index contributed by atoms with van der Waals surface area (Å²) in [5, 5.41) is 0. The molecule has 0 unspecified atom stereocenters. The molecule has 0 spiro atoms. The highest BCUT2D eigenvalue weighted by Gasteiger charge is 2.37. The van der Waals surface area contributed by atoms with Gasteiger partial charge in [-0.25, -0.2) is 0 Å². The van der Waals surface area contributed by atoms with Crippen molar-refractivity contribution in [3.63, 3.8) is 0 Å². The van der Waals surface area contributed by atoms with Crippen molar-refractivity contribution in [2.45, 2.75) is 18.9 Å². The minimum atomic E-state index is 0.326. The molecule has 0 aromatic heterocycles. The third kappa shape index (κ3) is 3.69. The average Bonchev–Trinajstić information content (AvgIpc) is 2.68. The maximum absolute atomic E-state index is 5.57. The largest absolute Gasteiger partial charge is 0.493 e. The molecule has 0 radical (unpaired) electrons. The number of quaternary nitrogens is 1. The van der Waals surface area contributed by atoms with Crippen LogP contribution in [0.15, 0.2) is 30.3 Å². The molecule has 0 N–H and O–H groups in total. The van der Waals surface area contributed by atoms with Crippen LogP contribution in [0.2, 0.25) is 0 Å². The summed E-state index contributed by atoms with van der Waals surface area (Å²) in [6, 6.07) is 10.8. The van der Waals surface area contributed by atoms with E-state index >= 15 is 0 Å². The van der Waals surface area contributed by atoms with Gasteiger partial charge in [0.25, 0.3) is 0 Å². The Morgan fingerprint density at radius 2 is 1.41 bits per heavy atom. The molecule has 5 nitrogen and oxygen atoms in total. The highest BCUT2D eigenvalue weighted by Crippen LogP contribution is 2.42. The maximum atomic E-state index is 5.57. The van der Waals surface area contributed by atoms with Gasteiger partial charge in [0.1, 0.15) is 6.04 Å². The number of hydrogen-bond acceptors (Lipinski definition) is 4. The van der Waals surface area contributed by atoms with Gasteiger partial charge in [-0.15, -0.1) is 0 Å². The average molecular weight is 372 g/mol. The van der Waals surface area contributed by atoms with Crippen LogP contribution in [0.4, 0.5) is 0 Å². The van der Waals surface area contributed by atoms with Crippen LogP contribution in [0.25, 0.3) is 0 Å². The molecule has 0 aliphatic carbocycles. The summed E-state index contributed by atoms with van der Waals surface area (Å²) in [6.07, 6.45) is 1.95. The van der Waals surface area contributed by atoms with Crippen molar-refractivity contribution in [2.24, 2.45) is 0 Å². The van der Waals surface area contributed by atoms with Crippen LogP contribution in [0.5, 0.6) is 23.0 Å². The molecule has 0 amide bonds. The molecule has 1 aliphatic rings. The van der Waals surface area contributed by atoms with E-state index in [1.165, 1.54) is 16.7 Å². The quantitative estimate of drug-likeness (QED) is 0.726. The predicted octanol–water partition coefficient (Wildman–Crippen LogP) is 3.64. The van der Waals surface area contributed by atoms with E-state index in [4.69, 9.17) is 18.9 Å². The van der Waals surface area contributed by atoms with Crippen molar-refractivity contribution in [3.8, 4) is 23.0 Å². The third-order valence-corrected chi connectivity index (χ3v) is 5.68. The van der Waals surface area contributed by atoms with Crippen molar-refractivity contribution >= 4 is 0 Å². The number of nitrogens with zero attached hydrogens (tertiary/aromatic N) is 1.